The van der Waals surface area contributed by atoms with E-state index in [1.54, 1.807) is 6.07 Å². The molecule has 0 radical (unpaired) electrons. The fraction of sp³-hybridized carbons (Fsp3) is 0.471. The lowest BCUT2D eigenvalue weighted by molar-refractivity contribution is 0.0939. The van der Waals surface area contributed by atoms with Gasteiger partial charge in [-0.1, -0.05) is 38.7 Å². The molecule has 1 aromatic carbocycles. The predicted octanol–water partition coefficient (Wildman–Crippen LogP) is 2.50. The summed E-state index contributed by atoms with van der Waals surface area (Å²) < 4.78 is 0. The van der Waals surface area contributed by atoms with Crippen molar-refractivity contribution in [2.45, 2.75) is 34.1 Å². The summed E-state index contributed by atoms with van der Waals surface area (Å²) >= 11 is 0. The van der Waals surface area contributed by atoms with Crippen LogP contribution in [0.2, 0.25) is 0 Å². The van der Waals surface area contributed by atoms with Crippen molar-refractivity contribution in [3.63, 3.8) is 0 Å². The van der Waals surface area contributed by atoms with Crippen LogP contribution < -0.4 is 5.32 Å². The van der Waals surface area contributed by atoms with Crippen LogP contribution >= 0.6 is 0 Å². The fourth-order valence-electron chi connectivity index (χ4n) is 1.56. The van der Waals surface area contributed by atoms with E-state index in [2.05, 4.69) is 37.9 Å². The zero-order valence-corrected chi connectivity index (χ0v) is 12.7. The maximum Gasteiger partial charge on any atom is 0.251 e. The van der Waals surface area contributed by atoms with Crippen LogP contribution in [0.3, 0.4) is 0 Å². The summed E-state index contributed by atoms with van der Waals surface area (Å²) in [6.45, 7) is 8.87. The van der Waals surface area contributed by atoms with E-state index in [1.807, 2.05) is 19.1 Å². The van der Waals surface area contributed by atoms with E-state index in [0.29, 0.717) is 18.5 Å². The van der Waals surface area contributed by atoms with Crippen LogP contribution in [0, 0.1) is 24.2 Å². The summed E-state index contributed by atoms with van der Waals surface area (Å²) in [6, 6.07) is 5.51. The van der Waals surface area contributed by atoms with E-state index in [1.165, 1.54) is 0 Å². The number of nitrogens with one attached hydrogen (secondary N) is 1. The Morgan fingerprint density at radius 2 is 2.05 bits per heavy atom. The lowest BCUT2D eigenvalue weighted by Gasteiger charge is -2.18. The number of hydrogen-bond acceptors (Lipinski definition) is 2. The minimum Gasteiger partial charge on any atom is -0.395 e. The Morgan fingerprint density at radius 1 is 1.35 bits per heavy atom. The summed E-state index contributed by atoms with van der Waals surface area (Å²) in [5, 5.41) is 11.7. The second kappa shape index (κ2) is 7.12. The van der Waals surface area contributed by atoms with Crippen LogP contribution in [0.4, 0.5) is 0 Å². The van der Waals surface area contributed by atoms with Gasteiger partial charge in [-0.3, -0.25) is 4.79 Å². The molecule has 0 atom stereocenters. The van der Waals surface area contributed by atoms with Crippen molar-refractivity contribution in [1.29, 1.82) is 0 Å². The summed E-state index contributed by atoms with van der Waals surface area (Å²) in [5.74, 6) is 5.80. The first kappa shape index (κ1) is 16.3. The third kappa shape index (κ3) is 5.46. The molecule has 3 heteroatoms. The average Bonchev–Trinajstić information content (AvgIpc) is 2.37. The van der Waals surface area contributed by atoms with E-state index < -0.39 is 0 Å². The van der Waals surface area contributed by atoms with Crippen molar-refractivity contribution in [3.8, 4) is 11.8 Å². The standard InChI is InChI=1S/C17H23NO2/c1-13-8-9-15(11-14(13)7-5-6-10-19)16(20)18-12-17(2,3)4/h8-9,11,19H,6,10,12H2,1-4H3,(H,18,20). The molecule has 3 nitrogen and oxygen atoms in total. The minimum absolute atomic E-state index is 0.0534. The largest absolute Gasteiger partial charge is 0.395 e. The van der Waals surface area contributed by atoms with Gasteiger partial charge >= 0.3 is 0 Å². The Hall–Kier alpha value is -1.79. The molecule has 108 valence electrons. The zero-order valence-electron chi connectivity index (χ0n) is 12.7. The second-order valence-electron chi connectivity index (χ2n) is 6.05. The molecule has 1 aromatic rings. The first-order valence-corrected chi connectivity index (χ1v) is 6.82. The van der Waals surface area contributed by atoms with Gasteiger partial charge < -0.3 is 10.4 Å². The highest BCUT2D eigenvalue weighted by Crippen LogP contribution is 2.13. The van der Waals surface area contributed by atoms with Crippen molar-refractivity contribution < 1.29 is 9.90 Å². The Morgan fingerprint density at radius 3 is 2.65 bits per heavy atom. The number of amides is 1. The molecular weight excluding hydrogens is 250 g/mol. The van der Waals surface area contributed by atoms with Crippen molar-refractivity contribution in [1.82, 2.24) is 5.32 Å². The highest BCUT2D eigenvalue weighted by molar-refractivity contribution is 5.94. The zero-order chi connectivity index (χ0) is 15.2. The van der Waals surface area contributed by atoms with Gasteiger partial charge in [0.15, 0.2) is 0 Å². The maximum absolute atomic E-state index is 12.1. The monoisotopic (exact) mass is 273 g/mol. The van der Waals surface area contributed by atoms with Gasteiger partial charge in [0.05, 0.1) is 6.61 Å². The molecule has 20 heavy (non-hydrogen) atoms. The summed E-state index contributed by atoms with van der Waals surface area (Å²) in [6.07, 6.45) is 0.444. The molecule has 0 aliphatic heterocycles. The third-order valence-electron chi connectivity index (χ3n) is 2.74. The van der Waals surface area contributed by atoms with E-state index in [9.17, 15) is 4.79 Å². The number of aryl methyl sites for hydroxylation is 1. The first-order valence-electron chi connectivity index (χ1n) is 6.82. The molecule has 0 unspecified atom stereocenters. The van der Waals surface area contributed by atoms with Gasteiger partial charge in [0.1, 0.15) is 0 Å². The van der Waals surface area contributed by atoms with Crippen LogP contribution in [0.15, 0.2) is 18.2 Å². The normalized spacial score (nSPS) is 10.7. The number of carbonyl (C=O) groups excluding carboxylic acids is 1. The molecule has 0 saturated carbocycles. The van der Waals surface area contributed by atoms with Gasteiger partial charge in [0, 0.05) is 24.1 Å². The lowest BCUT2D eigenvalue weighted by atomic mass is 9.96. The smallest absolute Gasteiger partial charge is 0.251 e. The number of carbonyl (C=O) groups is 1. The highest BCUT2D eigenvalue weighted by atomic mass is 16.2. The predicted molar refractivity (Wildman–Crippen MR) is 81.5 cm³/mol. The molecule has 0 heterocycles. The molecule has 0 aromatic heterocycles. The van der Waals surface area contributed by atoms with Crippen LogP contribution in [0.25, 0.3) is 0 Å². The number of aliphatic hydroxyl groups excluding tert-OH is 1. The highest BCUT2D eigenvalue weighted by Gasteiger charge is 2.13. The first-order chi connectivity index (χ1) is 9.33. The van der Waals surface area contributed by atoms with E-state index in [0.717, 1.165) is 11.1 Å². The number of benzene rings is 1. The van der Waals surface area contributed by atoms with Crippen LogP contribution in [0.1, 0.15) is 48.7 Å². The minimum atomic E-state index is -0.0786. The van der Waals surface area contributed by atoms with Gasteiger partial charge in [0.2, 0.25) is 0 Å². The van der Waals surface area contributed by atoms with Gasteiger partial charge in [-0.25, -0.2) is 0 Å². The van der Waals surface area contributed by atoms with Crippen molar-refractivity contribution in [2.75, 3.05) is 13.2 Å². The molecule has 1 amide bonds. The maximum atomic E-state index is 12.1. The SMILES string of the molecule is Cc1ccc(C(=O)NCC(C)(C)C)cc1C#CCCO. The molecule has 0 aliphatic rings. The summed E-state index contributed by atoms with van der Waals surface area (Å²) in [4.78, 5) is 12.1. The third-order valence-corrected chi connectivity index (χ3v) is 2.74. The molecule has 2 N–H and O–H groups in total. The van der Waals surface area contributed by atoms with Gasteiger partial charge in [-0.2, -0.15) is 0 Å². The van der Waals surface area contributed by atoms with Gasteiger partial charge in [0.25, 0.3) is 5.91 Å². The molecule has 0 bridgehead atoms. The molecule has 1 rings (SSSR count). The lowest BCUT2D eigenvalue weighted by Crippen LogP contribution is -2.32. The Kier molecular flexibility index (Phi) is 5.79. The summed E-state index contributed by atoms with van der Waals surface area (Å²) in [7, 11) is 0. The van der Waals surface area contributed by atoms with Gasteiger partial charge in [-0.15, -0.1) is 0 Å². The molecule has 0 saturated heterocycles. The topological polar surface area (TPSA) is 49.3 Å². The Bertz CT molecular complexity index is 530. The molecular formula is C17H23NO2. The van der Waals surface area contributed by atoms with Crippen molar-refractivity contribution in [3.05, 3.63) is 34.9 Å². The quantitative estimate of drug-likeness (QED) is 0.831. The molecule has 0 fully saturated rings. The Labute approximate surface area is 121 Å². The van der Waals surface area contributed by atoms with Crippen molar-refractivity contribution >= 4 is 5.91 Å². The van der Waals surface area contributed by atoms with Gasteiger partial charge in [-0.05, 0) is 30.0 Å². The van der Waals surface area contributed by atoms with E-state index >= 15 is 0 Å². The van der Waals surface area contributed by atoms with E-state index in [4.69, 9.17) is 5.11 Å². The van der Waals surface area contributed by atoms with Crippen molar-refractivity contribution in [2.24, 2.45) is 5.41 Å². The van der Waals surface area contributed by atoms with Crippen LogP contribution in [-0.2, 0) is 0 Å². The van der Waals surface area contributed by atoms with Crippen LogP contribution in [-0.4, -0.2) is 24.2 Å². The second-order valence-corrected chi connectivity index (χ2v) is 6.05. The number of rotatable bonds is 3. The van der Waals surface area contributed by atoms with E-state index in [-0.39, 0.29) is 17.9 Å². The average molecular weight is 273 g/mol. The number of aliphatic hydroxyl groups is 1. The van der Waals surface area contributed by atoms with Crippen LogP contribution in [0.5, 0.6) is 0 Å². The number of hydrogen-bond donors (Lipinski definition) is 2. The Balaban J connectivity index is 2.84. The molecule has 0 spiro atoms. The molecule has 0 aliphatic carbocycles. The summed E-state index contributed by atoms with van der Waals surface area (Å²) in [5.41, 5.74) is 2.54. The fourth-order valence-corrected chi connectivity index (χ4v) is 1.56.